The number of ether oxygens (including phenoxy) is 1. The molecule has 1 aliphatic heterocycles. The SMILES string of the molecule is Cc1cc(Nc2ccnc(Nc3ccc(S(=O)(=O)N4CCCC(Oc5cccnc5)C4)cc3)n2)ccc1F. The van der Waals surface area contributed by atoms with Crippen molar-refractivity contribution in [3.8, 4) is 5.75 Å². The van der Waals surface area contributed by atoms with E-state index in [9.17, 15) is 12.8 Å². The summed E-state index contributed by atoms with van der Waals surface area (Å²) in [5.41, 5.74) is 1.86. The quantitative estimate of drug-likeness (QED) is 0.324. The van der Waals surface area contributed by atoms with Crippen molar-refractivity contribution < 1.29 is 17.5 Å². The molecule has 1 unspecified atom stereocenters. The van der Waals surface area contributed by atoms with E-state index in [1.54, 1.807) is 74.0 Å². The number of rotatable bonds is 8. The van der Waals surface area contributed by atoms with Gasteiger partial charge in [-0.3, -0.25) is 4.98 Å². The Balaban J connectivity index is 1.23. The number of aryl methyl sites for hydroxylation is 1. The molecular weight excluding hydrogens is 507 g/mol. The van der Waals surface area contributed by atoms with Crippen LogP contribution in [0.1, 0.15) is 18.4 Å². The first-order chi connectivity index (χ1) is 18.4. The molecule has 0 spiro atoms. The largest absolute Gasteiger partial charge is 0.487 e. The zero-order valence-electron chi connectivity index (χ0n) is 20.7. The third-order valence-corrected chi connectivity index (χ3v) is 7.99. The number of anilines is 4. The molecule has 1 fully saturated rings. The van der Waals surface area contributed by atoms with Crippen LogP contribution in [0.5, 0.6) is 5.75 Å². The molecule has 5 rings (SSSR count). The molecule has 1 aliphatic rings. The van der Waals surface area contributed by atoms with Crippen molar-refractivity contribution in [1.82, 2.24) is 19.3 Å². The Kier molecular flexibility index (Phi) is 7.47. The minimum Gasteiger partial charge on any atom is -0.487 e. The van der Waals surface area contributed by atoms with Gasteiger partial charge in [-0.15, -0.1) is 0 Å². The fraction of sp³-hybridized carbons (Fsp3) is 0.222. The number of nitrogens with one attached hydrogen (secondary N) is 2. The number of piperidine rings is 1. The number of nitrogens with zero attached hydrogens (tertiary/aromatic N) is 4. The molecular formula is C27H27FN6O3S. The number of aromatic nitrogens is 3. The van der Waals surface area contributed by atoms with Crippen molar-refractivity contribution in [2.75, 3.05) is 23.7 Å². The van der Waals surface area contributed by atoms with Crippen molar-refractivity contribution in [2.45, 2.75) is 30.8 Å². The van der Waals surface area contributed by atoms with Gasteiger partial charge in [0.1, 0.15) is 23.5 Å². The van der Waals surface area contributed by atoms with Gasteiger partial charge in [0, 0.05) is 30.3 Å². The number of sulfonamides is 1. The standard InChI is InChI=1S/C27H27FN6O3S/c1-19-16-21(8-11-25(19)28)31-26-12-14-30-27(33-26)32-20-6-9-24(10-7-20)38(35,36)34-15-3-5-23(18-34)37-22-4-2-13-29-17-22/h2,4,6-14,16-17,23H,3,5,15,18H2,1H3,(H2,30,31,32,33). The molecule has 0 saturated carbocycles. The molecule has 3 heterocycles. The second kappa shape index (κ2) is 11.1. The summed E-state index contributed by atoms with van der Waals surface area (Å²) in [6.07, 6.45) is 6.13. The number of hydrogen-bond acceptors (Lipinski definition) is 8. The first-order valence-electron chi connectivity index (χ1n) is 12.2. The summed E-state index contributed by atoms with van der Waals surface area (Å²) in [5, 5.41) is 6.21. The molecule has 2 N–H and O–H groups in total. The van der Waals surface area contributed by atoms with E-state index in [2.05, 4.69) is 25.6 Å². The summed E-state index contributed by atoms with van der Waals surface area (Å²) in [4.78, 5) is 12.9. The maximum absolute atomic E-state index is 13.5. The molecule has 2 aromatic carbocycles. The number of pyridine rings is 1. The monoisotopic (exact) mass is 534 g/mol. The van der Waals surface area contributed by atoms with Crippen LogP contribution in [0.15, 0.2) is 84.1 Å². The van der Waals surface area contributed by atoms with Gasteiger partial charge in [-0.1, -0.05) is 0 Å². The molecule has 0 radical (unpaired) electrons. The summed E-state index contributed by atoms with van der Waals surface area (Å²) >= 11 is 0. The predicted molar refractivity (Wildman–Crippen MR) is 143 cm³/mol. The lowest BCUT2D eigenvalue weighted by atomic mass is 10.1. The second-order valence-electron chi connectivity index (χ2n) is 8.94. The van der Waals surface area contributed by atoms with Crippen molar-refractivity contribution >= 4 is 33.2 Å². The normalized spacial score (nSPS) is 16.1. The minimum absolute atomic E-state index is 0.202. The fourth-order valence-corrected chi connectivity index (χ4v) is 5.69. The zero-order chi connectivity index (χ0) is 26.5. The Labute approximate surface area is 220 Å². The molecule has 2 aromatic heterocycles. The van der Waals surface area contributed by atoms with Crippen LogP contribution in [-0.4, -0.2) is 46.9 Å². The Morgan fingerprint density at radius 2 is 1.84 bits per heavy atom. The van der Waals surface area contributed by atoms with Gasteiger partial charge in [-0.2, -0.15) is 9.29 Å². The number of hydrogen-bond donors (Lipinski definition) is 2. The van der Waals surface area contributed by atoms with Gasteiger partial charge >= 0.3 is 0 Å². The van der Waals surface area contributed by atoms with Crippen LogP contribution in [-0.2, 0) is 10.0 Å². The lowest BCUT2D eigenvalue weighted by Crippen LogP contribution is -2.44. The van der Waals surface area contributed by atoms with E-state index in [1.165, 1.54) is 10.4 Å². The van der Waals surface area contributed by atoms with Crippen LogP contribution in [0.2, 0.25) is 0 Å². The molecule has 196 valence electrons. The third-order valence-electron chi connectivity index (χ3n) is 6.11. The Morgan fingerprint density at radius 3 is 2.61 bits per heavy atom. The van der Waals surface area contributed by atoms with Gasteiger partial charge in [0.2, 0.25) is 16.0 Å². The molecule has 1 saturated heterocycles. The molecule has 11 heteroatoms. The topological polar surface area (TPSA) is 109 Å². The van der Waals surface area contributed by atoms with Crippen LogP contribution in [0.25, 0.3) is 0 Å². The van der Waals surface area contributed by atoms with Gasteiger partial charge in [0.25, 0.3) is 0 Å². The summed E-state index contributed by atoms with van der Waals surface area (Å²) in [6, 6.07) is 16.5. The highest BCUT2D eigenvalue weighted by atomic mass is 32.2. The highest BCUT2D eigenvalue weighted by Gasteiger charge is 2.31. The van der Waals surface area contributed by atoms with Crippen LogP contribution in [0, 0.1) is 12.7 Å². The second-order valence-corrected chi connectivity index (χ2v) is 10.9. The summed E-state index contributed by atoms with van der Waals surface area (Å²) in [7, 11) is -3.68. The lowest BCUT2D eigenvalue weighted by molar-refractivity contribution is 0.129. The van der Waals surface area contributed by atoms with E-state index >= 15 is 0 Å². The van der Waals surface area contributed by atoms with Crippen molar-refractivity contribution in [3.05, 3.63) is 90.6 Å². The highest BCUT2D eigenvalue weighted by molar-refractivity contribution is 7.89. The Bertz CT molecular complexity index is 1500. The number of halogens is 1. The first kappa shape index (κ1) is 25.6. The summed E-state index contributed by atoms with van der Waals surface area (Å²) in [5.74, 6) is 1.21. The summed E-state index contributed by atoms with van der Waals surface area (Å²) < 4.78 is 47.6. The average Bonchev–Trinajstić information content (AvgIpc) is 2.92. The number of benzene rings is 2. The van der Waals surface area contributed by atoms with Crippen molar-refractivity contribution in [1.29, 1.82) is 0 Å². The van der Waals surface area contributed by atoms with E-state index in [0.29, 0.717) is 47.4 Å². The Hall–Kier alpha value is -4.09. The highest BCUT2D eigenvalue weighted by Crippen LogP contribution is 2.25. The smallest absolute Gasteiger partial charge is 0.243 e. The lowest BCUT2D eigenvalue weighted by Gasteiger charge is -2.32. The summed E-state index contributed by atoms with van der Waals surface area (Å²) in [6.45, 7) is 2.41. The van der Waals surface area contributed by atoms with Crippen molar-refractivity contribution in [2.24, 2.45) is 0 Å². The molecule has 0 amide bonds. The molecule has 4 aromatic rings. The zero-order valence-corrected chi connectivity index (χ0v) is 21.5. The van der Waals surface area contributed by atoms with Gasteiger partial charge in [-0.05, 0) is 86.0 Å². The van der Waals surface area contributed by atoms with E-state index in [0.717, 1.165) is 6.42 Å². The van der Waals surface area contributed by atoms with Crippen LogP contribution < -0.4 is 15.4 Å². The molecule has 9 nitrogen and oxygen atoms in total. The van der Waals surface area contributed by atoms with Gasteiger partial charge in [0.05, 0.1) is 17.6 Å². The van der Waals surface area contributed by atoms with E-state index in [-0.39, 0.29) is 23.4 Å². The predicted octanol–water partition coefficient (Wildman–Crippen LogP) is 5.04. The van der Waals surface area contributed by atoms with E-state index < -0.39 is 10.0 Å². The van der Waals surface area contributed by atoms with Crippen LogP contribution in [0.3, 0.4) is 0 Å². The van der Waals surface area contributed by atoms with Crippen LogP contribution in [0.4, 0.5) is 27.5 Å². The van der Waals surface area contributed by atoms with E-state index in [4.69, 9.17) is 4.74 Å². The first-order valence-corrected chi connectivity index (χ1v) is 13.6. The third kappa shape index (κ3) is 6.06. The fourth-order valence-electron chi connectivity index (χ4n) is 4.18. The maximum atomic E-state index is 13.5. The van der Waals surface area contributed by atoms with Gasteiger partial charge in [0.15, 0.2) is 0 Å². The molecule has 0 aliphatic carbocycles. The molecule has 38 heavy (non-hydrogen) atoms. The molecule has 1 atom stereocenters. The average molecular weight is 535 g/mol. The maximum Gasteiger partial charge on any atom is 0.243 e. The van der Waals surface area contributed by atoms with Crippen molar-refractivity contribution in [3.63, 3.8) is 0 Å². The van der Waals surface area contributed by atoms with Gasteiger partial charge < -0.3 is 15.4 Å². The van der Waals surface area contributed by atoms with Crippen LogP contribution >= 0.6 is 0 Å². The van der Waals surface area contributed by atoms with Gasteiger partial charge in [-0.25, -0.2) is 17.8 Å². The Morgan fingerprint density at radius 1 is 1.03 bits per heavy atom. The molecule has 0 bridgehead atoms. The van der Waals surface area contributed by atoms with E-state index in [1.807, 2.05) is 6.07 Å². The minimum atomic E-state index is -3.68.